The van der Waals surface area contributed by atoms with Crippen molar-refractivity contribution in [1.29, 1.82) is 0 Å². The van der Waals surface area contributed by atoms with Crippen molar-refractivity contribution in [3.63, 3.8) is 0 Å². The van der Waals surface area contributed by atoms with Gasteiger partial charge in [-0.05, 0) is 51.0 Å². The first-order valence-corrected chi connectivity index (χ1v) is 34.2. The van der Waals surface area contributed by atoms with Crippen LogP contribution < -0.4 is 0 Å². The van der Waals surface area contributed by atoms with E-state index in [1.165, 1.54) is 25.5 Å². The van der Waals surface area contributed by atoms with E-state index in [0.717, 1.165) is 16.8 Å². The number of hydrogen-bond donors (Lipinski definition) is 8. The molecule has 4 aliphatic rings. The quantitative estimate of drug-likeness (QED) is 0.0330. The van der Waals surface area contributed by atoms with Crippen LogP contribution >= 0.6 is 0 Å². The predicted octanol–water partition coefficient (Wildman–Crippen LogP) is -2.60. The summed E-state index contributed by atoms with van der Waals surface area (Å²) in [5.41, 5.74) is 4.18. The smallest absolute Gasteiger partial charge is 0.317 e. The van der Waals surface area contributed by atoms with E-state index in [-0.39, 0.29) is 82.0 Å². The Balaban J connectivity index is 0.000000292. The van der Waals surface area contributed by atoms with E-state index >= 15 is 0 Å². The molecule has 0 aliphatic carbocycles. The van der Waals surface area contributed by atoms with Crippen LogP contribution in [0.5, 0.6) is 0 Å². The highest BCUT2D eigenvalue weighted by Crippen LogP contribution is 2.13. The van der Waals surface area contributed by atoms with Gasteiger partial charge in [0.2, 0.25) is 0 Å². The molecule has 0 unspecified atom stereocenters. The van der Waals surface area contributed by atoms with E-state index in [0.29, 0.717) is 201 Å². The molecule has 36 nitrogen and oxygen atoms in total. The molecule has 1 aromatic carbocycles. The second kappa shape index (κ2) is 47.0. The average molecular weight is 1450 g/mol. The van der Waals surface area contributed by atoms with E-state index in [2.05, 4.69) is 30.0 Å². The minimum Gasteiger partial charge on any atom is -0.480 e. The third-order valence-corrected chi connectivity index (χ3v) is 17.0. The van der Waals surface area contributed by atoms with Crippen molar-refractivity contribution in [2.24, 2.45) is 0 Å². The summed E-state index contributed by atoms with van der Waals surface area (Å²) < 4.78 is 1.49. The minimum absolute atomic E-state index is 0.0113. The van der Waals surface area contributed by atoms with Crippen LogP contribution in [-0.4, -0.2) is 406 Å². The van der Waals surface area contributed by atoms with Crippen LogP contribution in [0.25, 0.3) is 0 Å². The maximum atomic E-state index is 11.4. The SMILES string of the molecule is CC(=O)CN1CCN(CC(=O)O)CCN(CC(=O)O)CC1.CC(=O)Cc1ccc(CN2CCN(CC(=O)O)CCN(CC(=O)O)CC2)cc1.CC(=O)Cn1cc(CN2CCN(CC(=O)O)CCN(CC(=O)O)CC2)nn1.CC(=O)c1ccc(CN2CCN(CC(=O)O)CCN(CC(=O)O)CC2)nc1. The average Bonchev–Trinajstić information content (AvgIpc) is 1.81. The number of aliphatic carboxylic acids is 8. The number of Topliss-reactive ketones (excluding diaryl/α,β-unsaturated/α-hetero) is 4. The Labute approximate surface area is 599 Å². The van der Waals surface area contributed by atoms with Gasteiger partial charge >= 0.3 is 47.8 Å². The predicted molar refractivity (Wildman–Crippen MR) is 371 cm³/mol. The summed E-state index contributed by atoms with van der Waals surface area (Å²) in [7, 11) is 0. The fourth-order valence-electron chi connectivity index (χ4n) is 11.7. The van der Waals surface area contributed by atoms with Crippen LogP contribution in [0.3, 0.4) is 0 Å². The molecule has 7 rings (SSSR count). The van der Waals surface area contributed by atoms with E-state index in [9.17, 15) is 57.5 Å². The summed E-state index contributed by atoms with van der Waals surface area (Å²) in [6, 6.07) is 11.5. The first kappa shape index (κ1) is 86.9. The second-order valence-corrected chi connectivity index (χ2v) is 26.1. The molecular formula is C67H104N16O20. The van der Waals surface area contributed by atoms with Crippen molar-refractivity contribution in [3.05, 3.63) is 76.9 Å². The lowest BCUT2D eigenvalue weighted by Gasteiger charge is -2.25. The van der Waals surface area contributed by atoms with Gasteiger partial charge in [-0.2, -0.15) is 0 Å². The molecule has 0 radical (unpaired) electrons. The van der Waals surface area contributed by atoms with Gasteiger partial charge in [0, 0.05) is 195 Å². The zero-order valence-electron chi connectivity index (χ0n) is 59.6. The molecule has 4 fully saturated rings. The Morgan fingerprint density at radius 1 is 0.301 bits per heavy atom. The molecule has 0 amide bonds. The van der Waals surface area contributed by atoms with Gasteiger partial charge in [-0.3, -0.25) is 121 Å². The lowest BCUT2D eigenvalue weighted by atomic mass is 10.1. The van der Waals surface area contributed by atoms with E-state index in [1.807, 2.05) is 64.6 Å². The number of benzene rings is 1. The number of pyridine rings is 1. The lowest BCUT2D eigenvalue weighted by molar-refractivity contribution is -0.140. The largest absolute Gasteiger partial charge is 0.480 e. The highest BCUT2D eigenvalue weighted by molar-refractivity contribution is 5.93. The summed E-state index contributed by atoms with van der Waals surface area (Å²) in [6.45, 7) is 21.7. The zero-order valence-corrected chi connectivity index (χ0v) is 59.6. The van der Waals surface area contributed by atoms with Gasteiger partial charge < -0.3 is 40.9 Å². The van der Waals surface area contributed by atoms with Gasteiger partial charge in [0.1, 0.15) is 18.1 Å². The fourth-order valence-corrected chi connectivity index (χ4v) is 11.7. The van der Waals surface area contributed by atoms with Crippen molar-refractivity contribution in [3.8, 4) is 0 Å². The third-order valence-electron chi connectivity index (χ3n) is 17.0. The number of carboxylic acids is 8. The summed E-state index contributed by atoms with van der Waals surface area (Å²) in [5.74, 6) is -7.04. The molecule has 0 spiro atoms. The van der Waals surface area contributed by atoms with Crippen LogP contribution in [0.2, 0.25) is 0 Å². The van der Waals surface area contributed by atoms with Crippen molar-refractivity contribution >= 4 is 70.9 Å². The standard InChI is InChI=1S/C20H29N3O5.C18H26N4O5.C16H26N6O5.C13H23N3O5/c1-16(24)12-17-2-4-18(5-3-17)13-21-6-8-22(14-19(25)26)10-11-23(9-7-21)15-20(27)28;1-14(23)15-2-3-16(19-10-15)11-20-4-6-21(12-17(24)25)8-9-22(7-5-20)13-18(26)27;1-13(23)8-22-10-14(17-18-22)9-19-2-4-20(11-15(24)25)6-7-21(5-3-19)12-16(26)27;1-11(17)8-14-2-4-15(9-12(18)19)6-7-16(5-3-14)10-13(20)21/h2-5H,6-15H2,1H3,(H,25,26)(H,27,28);2-3,10H,4-9,11-13H2,1H3,(H,24,25)(H,26,27);10H,2-9,11-12H2,1H3,(H,24,25)(H,26,27);2-10H2,1H3,(H,18,19)(H,20,21). The van der Waals surface area contributed by atoms with E-state index in [1.54, 1.807) is 35.2 Å². The molecule has 0 saturated carbocycles. The van der Waals surface area contributed by atoms with Gasteiger partial charge in [0.05, 0.1) is 76.5 Å². The van der Waals surface area contributed by atoms with E-state index in [4.69, 9.17) is 40.9 Å². The number of carbonyl (C=O) groups is 12. The summed E-state index contributed by atoms with van der Waals surface area (Å²) in [6.07, 6.45) is 3.71. The number of hydrogen-bond acceptors (Lipinski definition) is 27. The third kappa shape index (κ3) is 39.6. The van der Waals surface area contributed by atoms with Crippen molar-refractivity contribution < 1.29 is 98.4 Å². The maximum absolute atomic E-state index is 11.4. The van der Waals surface area contributed by atoms with Gasteiger partial charge in [-0.1, -0.05) is 29.5 Å². The molecule has 6 heterocycles. The number of nitrogens with zero attached hydrogens (tertiary/aromatic N) is 16. The monoisotopic (exact) mass is 1450 g/mol. The fraction of sp³-hybridized carbons (Fsp3) is 0.627. The summed E-state index contributed by atoms with van der Waals surface area (Å²) in [4.78, 5) is 160. The second-order valence-electron chi connectivity index (χ2n) is 26.1. The Morgan fingerprint density at radius 2 is 0.563 bits per heavy atom. The maximum Gasteiger partial charge on any atom is 0.317 e. The van der Waals surface area contributed by atoms with Crippen LogP contribution in [0.1, 0.15) is 60.6 Å². The Morgan fingerprint density at radius 3 is 0.816 bits per heavy atom. The van der Waals surface area contributed by atoms with Gasteiger partial charge in [-0.25, -0.2) is 4.68 Å². The Kier molecular flexibility index (Phi) is 39.6. The zero-order chi connectivity index (χ0) is 76.0. The first-order chi connectivity index (χ1) is 48.8. The van der Waals surface area contributed by atoms with Crippen molar-refractivity contribution in [2.75, 3.05) is 216 Å². The molecule has 8 N–H and O–H groups in total. The number of carboxylic acid groups (broad SMARTS) is 8. The molecule has 0 bridgehead atoms. The highest BCUT2D eigenvalue weighted by Gasteiger charge is 2.25. The molecular weight excluding hydrogens is 1350 g/mol. The van der Waals surface area contributed by atoms with Crippen LogP contribution in [0.15, 0.2) is 48.8 Å². The number of rotatable bonds is 29. The van der Waals surface area contributed by atoms with Crippen molar-refractivity contribution in [1.82, 2.24) is 78.8 Å². The Hall–Kier alpha value is -8.53. The molecule has 4 aliphatic heterocycles. The number of aromatic nitrogens is 4. The van der Waals surface area contributed by atoms with Crippen LogP contribution in [0, 0.1) is 0 Å². The molecule has 2 aromatic heterocycles. The van der Waals surface area contributed by atoms with Crippen molar-refractivity contribution in [2.45, 2.75) is 60.3 Å². The Bertz CT molecular complexity index is 3060. The van der Waals surface area contributed by atoms with Crippen LogP contribution in [-0.2, 0) is 85.3 Å². The summed E-state index contributed by atoms with van der Waals surface area (Å²) >= 11 is 0. The van der Waals surface area contributed by atoms with Crippen LogP contribution in [0.4, 0.5) is 0 Å². The molecule has 3 aromatic rings. The lowest BCUT2D eigenvalue weighted by Crippen LogP contribution is -2.40. The molecule has 0 atom stereocenters. The van der Waals surface area contributed by atoms with Gasteiger partial charge in [-0.15, -0.1) is 5.10 Å². The molecule has 103 heavy (non-hydrogen) atoms. The van der Waals surface area contributed by atoms with Gasteiger partial charge in [0.15, 0.2) is 11.6 Å². The topological polar surface area (TPSA) is 449 Å². The molecule has 36 heteroatoms. The molecule has 4 saturated heterocycles. The minimum atomic E-state index is -0.905. The number of ketones is 4. The van der Waals surface area contributed by atoms with Gasteiger partial charge in [0.25, 0.3) is 0 Å². The normalized spacial score (nSPS) is 18.0. The molecule has 572 valence electrons. The first-order valence-electron chi connectivity index (χ1n) is 34.2. The van der Waals surface area contributed by atoms with E-state index < -0.39 is 47.8 Å². The highest BCUT2D eigenvalue weighted by atomic mass is 16.4. The summed E-state index contributed by atoms with van der Waals surface area (Å²) in [5, 5.41) is 80.4. The number of carbonyl (C=O) groups excluding carboxylic acids is 4.